The summed E-state index contributed by atoms with van der Waals surface area (Å²) in [5.74, 6) is -0.983. The summed E-state index contributed by atoms with van der Waals surface area (Å²) < 4.78 is 16.8. The fraction of sp³-hybridized carbons (Fsp3) is 0.597. The Morgan fingerprint density at radius 3 is 0.853 bits per heavy atom. The third-order valence-corrected chi connectivity index (χ3v) is 10.9. The maximum absolute atomic E-state index is 12.8. The molecule has 1 atom stereocenters. The molecule has 0 aromatic rings. The highest BCUT2D eigenvalue weighted by Crippen LogP contribution is 2.13. The second-order valence-electron chi connectivity index (χ2n) is 17.3. The Bertz CT molecular complexity index is 1500. The van der Waals surface area contributed by atoms with Crippen LogP contribution in [0.4, 0.5) is 0 Å². The molecular formula is C62H98O6. The predicted octanol–water partition coefficient (Wildman–Crippen LogP) is 18.3. The van der Waals surface area contributed by atoms with Gasteiger partial charge in [-0.05, 0) is 128 Å². The van der Waals surface area contributed by atoms with Gasteiger partial charge in [-0.25, -0.2) is 0 Å². The third-order valence-electron chi connectivity index (χ3n) is 10.9. The molecule has 68 heavy (non-hydrogen) atoms. The average Bonchev–Trinajstić information content (AvgIpc) is 3.34. The van der Waals surface area contributed by atoms with Crippen LogP contribution >= 0.6 is 0 Å². The monoisotopic (exact) mass is 939 g/mol. The molecule has 6 heteroatoms. The van der Waals surface area contributed by atoms with Crippen LogP contribution in [0.2, 0.25) is 0 Å². The summed E-state index contributed by atoms with van der Waals surface area (Å²) in [4.78, 5) is 38.1. The summed E-state index contributed by atoms with van der Waals surface area (Å²) in [6.45, 7) is 6.22. The second-order valence-corrected chi connectivity index (χ2v) is 17.3. The summed E-state index contributed by atoms with van der Waals surface area (Å²) in [5.41, 5.74) is 0. The molecule has 0 aromatic heterocycles. The van der Waals surface area contributed by atoms with E-state index in [4.69, 9.17) is 14.2 Å². The van der Waals surface area contributed by atoms with Crippen LogP contribution in [-0.4, -0.2) is 37.2 Å². The molecule has 0 radical (unpaired) electrons. The first-order valence-electron chi connectivity index (χ1n) is 27.2. The normalized spacial score (nSPS) is 13.2. The molecule has 0 saturated carbocycles. The van der Waals surface area contributed by atoms with Crippen LogP contribution in [0.5, 0.6) is 0 Å². The Balaban J connectivity index is 4.48. The third kappa shape index (κ3) is 52.5. The summed E-state index contributed by atoms with van der Waals surface area (Å²) in [6.07, 6.45) is 77.2. The van der Waals surface area contributed by atoms with E-state index in [-0.39, 0.29) is 31.1 Å². The van der Waals surface area contributed by atoms with E-state index in [0.717, 1.165) is 154 Å². The minimum Gasteiger partial charge on any atom is -0.462 e. The number of allylic oxidation sites excluding steroid dienone is 22. The van der Waals surface area contributed by atoms with Crippen molar-refractivity contribution in [1.82, 2.24) is 0 Å². The molecule has 0 N–H and O–H groups in total. The van der Waals surface area contributed by atoms with Gasteiger partial charge >= 0.3 is 17.9 Å². The highest BCUT2D eigenvalue weighted by molar-refractivity contribution is 5.71. The molecule has 0 aliphatic rings. The van der Waals surface area contributed by atoms with Crippen molar-refractivity contribution in [3.8, 4) is 0 Å². The van der Waals surface area contributed by atoms with E-state index in [2.05, 4.69) is 154 Å². The summed E-state index contributed by atoms with van der Waals surface area (Å²) in [6, 6.07) is 0. The van der Waals surface area contributed by atoms with Gasteiger partial charge in [-0.15, -0.1) is 0 Å². The molecule has 382 valence electrons. The van der Waals surface area contributed by atoms with Crippen LogP contribution in [-0.2, 0) is 28.6 Å². The molecule has 0 aliphatic heterocycles. The van der Waals surface area contributed by atoms with E-state index in [1.807, 2.05) is 0 Å². The molecule has 6 nitrogen and oxygen atoms in total. The van der Waals surface area contributed by atoms with E-state index in [1.165, 1.54) is 25.7 Å². The van der Waals surface area contributed by atoms with Crippen molar-refractivity contribution in [3.05, 3.63) is 134 Å². The first-order chi connectivity index (χ1) is 33.5. The smallest absolute Gasteiger partial charge is 0.306 e. The molecule has 0 aromatic carbocycles. The van der Waals surface area contributed by atoms with Gasteiger partial charge in [0.05, 0.1) is 0 Å². The van der Waals surface area contributed by atoms with Gasteiger partial charge in [0.25, 0.3) is 0 Å². The quantitative estimate of drug-likeness (QED) is 0.0262. The number of hydrogen-bond donors (Lipinski definition) is 0. The Morgan fingerprint density at radius 2 is 0.529 bits per heavy atom. The lowest BCUT2D eigenvalue weighted by molar-refractivity contribution is -0.167. The first kappa shape index (κ1) is 63.5. The van der Waals surface area contributed by atoms with Crippen LogP contribution in [0.15, 0.2) is 134 Å². The minimum absolute atomic E-state index is 0.109. The lowest BCUT2D eigenvalue weighted by Crippen LogP contribution is -2.30. The fourth-order valence-electron chi connectivity index (χ4n) is 6.91. The minimum atomic E-state index is -0.813. The van der Waals surface area contributed by atoms with Gasteiger partial charge in [0.2, 0.25) is 0 Å². The Labute approximate surface area is 417 Å². The predicted molar refractivity (Wildman–Crippen MR) is 292 cm³/mol. The zero-order chi connectivity index (χ0) is 49.3. The molecule has 0 amide bonds. The average molecular weight is 939 g/mol. The standard InChI is InChI=1S/C62H98O6/c1-4-7-10-13-16-19-22-25-27-29-31-33-35-37-40-43-46-49-52-55-61(64)67-58-59(57-66-60(63)54-51-48-45-42-39-24-21-18-15-12-9-6-3)68-62(65)56-53-50-47-44-41-38-36-34-32-30-28-26-23-20-17-14-11-8-5-2/h7-12,16-21,25-28,31-34,39,42,59H,4-6,13-15,22-24,29-30,35-38,40-41,43-58H2,1-3H3/b10-7-,11-8-,12-9-,19-16-,20-17-,21-18-,27-25-,28-26-,33-31-,34-32-,42-39-. The maximum atomic E-state index is 12.8. The molecule has 0 spiro atoms. The van der Waals surface area contributed by atoms with Crippen LogP contribution in [0.1, 0.15) is 220 Å². The number of carbonyl (C=O) groups is 3. The van der Waals surface area contributed by atoms with Crippen molar-refractivity contribution in [2.75, 3.05) is 13.2 Å². The SMILES string of the molecule is CC/C=C\C/C=C\C/C=C\C/C=C\CCCCCCCCC(=O)OCC(COC(=O)CCCC/C=C\C/C=C\C/C=C\CC)OC(=O)CCCCCCCC/C=C\C/C=C\C/C=C\C/C=C\CC. The second kappa shape index (κ2) is 55.1. The Hall–Kier alpha value is -4.45. The lowest BCUT2D eigenvalue weighted by atomic mass is 10.1. The van der Waals surface area contributed by atoms with Gasteiger partial charge in [-0.3, -0.25) is 14.4 Å². The van der Waals surface area contributed by atoms with Crippen LogP contribution in [0.25, 0.3) is 0 Å². The van der Waals surface area contributed by atoms with E-state index in [0.29, 0.717) is 19.3 Å². The van der Waals surface area contributed by atoms with E-state index < -0.39 is 6.10 Å². The topological polar surface area (TPSA) is 78.9 Å². The molecular weight excluding hydrogens is 841 g/mol. The number of ether oxygens (including phenoxy) is 3. The van der Waals surface area contributed by atoms with Gasteiger partial charge in [0.15, 0.2) is 6.10 Å². The Morgan fingerprint density at radius 1 is 0.294 bits per heavy atom. The highest BCUT2D eigenvalue weighted by atomic mass is 16.6. The largest absolute Gasteiger partial charge is 0.462 e. The van der Waals surface area contributed by atoms with Crippen LogP contribution in [0, 0.1) is 0 Å². The number of carbonyl (C=O) groups excluding carboxylic acids is 3. The van der Waals surface area contributed by atoms with Crippen molar-refractivity contribution in [1.29, 1.82) is 0 Å². The van der Waals surface area contributed by atoms with Crippen molar-refractivity contribution in [3.63, 3.8) is 0 Å². The molecule has 0 rings (SSSR count). The van der Waals surface area contributed by atoms with Crippen LogP contribution in [0.3, 0.4) is 0 Å². The summed E-state index contributed by atoms with van der Waals surface area (Å²) in [7, 11) is 0. The number of rotatable bonds is 47. The summed E-state index contributed by atoms with van der Waals surface area (Å²) >= 11 is 0. The van der Waals surface area contributed by atoms with Gasteiger partial charge < -0.3 is 14.2 Å². The number of esters is 3. The zero-order valence-electron chi connectivity index (χ0n) is 43.6. The van der Waals surface area contributed by atoms with E-state index in [1.54, 1.807) is 0 Å². The number of unbranched alkanes of at least 4 members (excludes halogenated alkanes) is 14. The van der Waals surface area contributed by atoms with Crippen molar-refractivity contribution in [2.45, 2.75) is 226 Å². The molecule has 0 fully saturated rings. The summed E-state index contributed by atoms with van der Waals surface area (Å²) in [5, 5.41) is 0. The van der Waals surface area contributed by atoms with Gasteiger partial charge in [0.1, 0.15) is 13.2 Å². The molecule has 0 heterocycles. The van der Waals surface area contributed by atoms with Gasteiger partial charge in [0, 0.05) is 19.3 Å². The fourth-order valence-corrected chi connectivity index (χ4v) is 6.91. The molecule has 0 saturated heterocycles. The van der Waals surface area contributed by atoms with Crippen molar-refractivity contribution < 1.29 is 28.6 Å². The van der Waals surface area contributed by atoms with E-state index >= 15 is 0 Å². The van der Waals surface area contributed by atoms with E-state index in [9.17, 15) is 14.4 Å². The van der Waals surface area contributed by atoms with Gasteiger partial charge in [-0.1, -0.05) is 206 Å². The van der Waals surface area contributed by atoms with Crippen molar-refractivity contribution >= 4 is 17.9 Å². The molecule has 1 unspecified atom stereocenters. The van der Waals surface area contributed by atoms with Crippen molar-refractivity contribution in [2.24, 2.45) is 0 Å². The highest BCUT2D eigenvalue weighted by Gasteiger charge is 2.19. The first-order valence-corrected chi connectivity index (χ1v) is 27.2. The zero-order valence-corrected chi connectivity index (χ0v) is 43.6. The molecule has 0 aliphatic carbocycles. The molecule has 0 bridgehead atoms. The van der Waals surface area contributed by atoms with Gasteiger partial charge in [-0.2, -0.15) is 0 Å². The van der Waals surface area contributed by atoms with Crippen LogP contribution < -0.4 is 0 Å². The maximum Gasteiger partial charge on any atom is 0.306 e. The number of hydrogen-bond acceptors (Lipinski definition) is 6. The Kier molecular flexibility index (Phi) is 51.5. The lowest BCUT2D eigenvalue weighted by Gasteiger charge is -2.18.